The third kappa shape index (κ3) is 12.5. The van der Waals surface area contributed by atoms with E-state index < -0.39 is 27.7 Å². The first-order valence-corrected chi connectivity index (χ1v) is 20.4. The van der Waals surface area contributed by atoms with E-state index in [9.17, 15) is 26.4 Å². The highest BCUT2D eigenvalue weighted by Gasteiger charge is 2.32. The van der Waals surface area contributed by atoms with Crippen molar-refractivity contribution in [3.05, 3.63) is 95.2 Å². The molecule has 5 rings (SSSR count). The summed E-state index contributed by atoms with van der Waals surface area (Å²) >= 11 is 0. The second-order valence-corrected chi connectivity index (χ2v) is 16.4. The van der Waals surface area contributed by atoms with Crippen molar-refractivity contribution in [3.63, 3.8) is 0 Å². The van der Waals surface area contributed by atoms with Gasteiger partial charge in [0.25, 0.3) is 5.91 Å². The van der Waals surface area contributed by atoms with Crippen LogP contribution in [0.5, 0.6) is 11.5 Å². The van der Waals surface area contributed by atoms with Crippen molar-refractivity contribution < 1.29 is 50.1 Å². The molecule has 1 amide bonds. The number of hydrogen-bond donors (Lipinski definition) is 3. The van der Waals surface area contributed by atoms with E-state index in [1.165, 1.54) is 13.2 Å². The van der Waals surface area contributed by atoms with Crippen LogP contribution in [0.25, 0.3) is 22.0 Å². The fraction of sp³-hybridized carbons (Fsp3) is 0.357. The minimum absolute atomic E-state index is 0.00903. The number of alkyl halides is 3. The Morgan fingerprint density at radius 3 is 2.17 bits per heavy atom. The van der Waals surface area contributed by atoms with E-state index in [0.717, 1.165) is 40.6 Å². The first-order valence-electron chi connectivity index (χ1n) is 18.5. The van der Waals surface area contributed by atoms with Gasteiger partial charge in [0.15, 0.2) is 5.75 Å². The molecule has 17 heteroatoms. The number of nitrogens with zero attached hydrogens (tertiary/aromatic N) is 2. The summed E-state index contributed by atoms with van der Waals surface area (Å²) in [6.07, 6.45) is -2.04. The van der Waals surface area contributed by atoms with E-state index in [1.54, 1.807) is 43.6 Å². The van der Waals surface area contributed by atoms with Crippen LogP contribution in [-0.2, 0) is 35.8 Å². The van der Waals surface area contributed by atoms with Gasteiger partial charge in [-0.3, -0.25) is 9.52 Å². The molecule has 0 radical (unpaired) electrons. The van der Waals surface area contributed by atoms with Gasteiger partial charge in [-0.25, -0.2) is 18.4 Å². The highest BCUT2D eigenvalue weighted by atomic mass is 32.2. The van der Waals surface area contributed by atoms with Gasteiger partial charge in [0.2, 0.25) is 16.0 Å². The summed E-state index contributed by atoms with van der Waals surface area (Å²) in [6, 6.07) is 17.4. The zero-order chi connectivity index (χ0) is 43.0. The number of aryl methyl sites for hydroxylation is 1. The minimum atomic E-state index is -4.63. The van der Waals surface area contributed by atoms with E-state index in [-0.39, 0.29) is 47.5 Å². The molecule has 0 aliphatic rings. The second-order valence-electron chi connectivity index (χ2n) is 14.6. The summed E-state index contributed by atoms with van der Waals surface area (Å²) in [5.41, 5.74) is 3.30. The van der Waals surface area contributed by atoms with Crippen molar-refractivity contribution in [1.82, 2.24) is 9.97 Å². The second kappa shape index (κ2) is 19.1. The number of carbonyl (C=O) groups excluding carboxylic acids is 1. The minimum Gasteiger partial charge on any atom is -0.492 e. The highest BCUT2D eigenvalue weighted by molar-refractivity contribution is 7.92. The smallest absolute Gasteiger partial charge is 0.416 e. The zero-order valence-corrected chi connectivity index (χ0v) is 34.7. The normalized spacial score (nSPS) is 12.0. The predicted octanol–water partition coefficient (Wildman–Crippen LogP) is 8.36. The van der Waals surface area contributed by atoms with Gasteiger partial charge in [-0.15, -0.1) is 0 Å². The fourth-order valence-electron chi connectivity index (χ4n) is 5.91. The molecule has 0 saturated carbocycles. The van der Waals surface area contributed by atoms with Gasteiger partial charge < -0.3 is 34.3 Å². The Balaban J connectivity index is 1.33. The first-order chi connectivity index (χ1) is 27.8. The number of ether oxygens (including phenoxy) is 5. The van der Waals surface area contributed by atoms with Gasteiger partial charge in [0, 0.05) is 36.0 Å². The number of fused-ring (bicyclic) bond motifs is 1. The van der Waals surface area contributed by atoms with E-state index in [0.29, 0.717) is 48.6 Å². The van der Waals surface area contributed by atoms with Gasteiger partial charge in [0.05, 0.1) is 68.9 Å². The van der Waals surface area contributed by atoms with Crippen molar-refractivity contribution >= 4 is 49.8 Å². The van der Waals surface area contributed by atoms with Gasteiger partial charge in [-0.05, 0) is 83.1 Å². The van der Waals surface area contributed by atoms with Crippen molar-refractivity contribution in [2.75, 3.05) is 75.5 Å². The number of benzene rings is 4. The largest absolute Gasteiger partial charge is 0.492 e. The van der Waals surface area contributed by atoms with Gasteiger partial charge in [0.1, 0.15) is 12.4 Å². The van der Waals surface area contributed by atoms with Crippen LogP contribution < -0.4 is 24.8 Å². The quantitative estimate of drug-likeness (QED) is 0.0728. The van der Waals surface area contributed by atoms with Crippen LogP contribution in [0, 0.1) is 6.92 Å². The molecular formula is C42H48F3N5O8S. The van der Waals surface area contributed by atoms with Crippen molar-refractivity contribution in [1.29, 1.82) is 0 Å². The summed E-state index contributed by atoms with van der Waals surface area (Å²) in [5.74, 6) is -0.225. The van der Waals surface area contributed by atoms with Crippen molar-refractivity contribution in [2.45, 2.75) is 39.3 Å². The van der Waals surface area contributed by atoms with Crippen LogP contribution in [-0.4, -0.2) is 84.4 Å². The van der Waals surface area contributed by atoms with Gasteiger partial charge in [-0.2, -0.15) is 13.2 Å². The molecule has 0 bridgehead atoms. The van der Waals surface area contributed by atoms with Gasteiger partial charge in [-0.1, -0.05) is 32.9 Å². The van der Waals surface area contributed by atoms with Gasteiger partial charge >= 0.3 is 6.18 Å². The number of anilines is 4. The number of amides is 1. The van der Waals surface area contributed by atoms with Crippen molar-refractivity contribution in [3.8, 4) is 22.6 Å². The Morgan fingerprint density at radius 2 is 1.51 bits per heavy atom. The van der Waals surface area contributed by atoms with E-state index in [2.05, 4.69) is 25.3 Å². The lowest BCUT2D eigenvalue weighted by Crippen LogP contribution is -2.18. The molecule has 13 nitrogen and oxygen atoms in total. The number of nitrogens with one attached hydrogen (secondary N) is 3. The summed E-state index contributed by atoms with van der Waals surface area (Å²) < 4.78 is 95.1. The lowest BCUT2D eigenvalue weighted by Gasteiger charge is -2.24. The summed E-state index contributed by atoms with van der Waals surface area (Å²) in [4.78, 5) is 22.6. The fourth-order valence-corrected chi connectivity index (χ4v) is 6.46. The van der Waals surface area contributed by atoms with Crippen LogP contribution >= 0.6 is 0 Å². The molecule has 0 fully saturated rings. The first kappa shape index (κ1) is 44.6. The van der Waals surface area contributed by atoms with E-state index >= 15 is 0 Å². The van der Waals surface area contributed by atoms with Crippen LogP contribution in [0.2, 0.25) is 0 Å². The molecule has 316 valence electrons. The highest BCUT2D eigenvalue weighted by Crippen LogP contribution is 2.40. The Kier molecular flexibility index (Phi) is 14.4. The van der Waals surface area contributed by atoms with Crippen LogP contribution in [0.3, 0.4) is 0 Å². The Morgan fingerprint density at radius 1 is 0.814 bits per heavy atom. The molecule has 0 spiro atoms. The SMILES string of the molecule is COCCOCCOCCOc1cc(Nc2ncc3cc(-c4cc(C(=O)Nc5cc(C(C)(C)C)cc(NS(C)(=O)=O)c5OC)ccc4C)ccc3n2)cc(C(F)(F)F)c1. The Hall–Kier alpha value is -5.49. The maximum absolute atomic E-state index is 13.8. The molecule has 5 aromatic rings. The zero-order valence-electron chi connectivity index (χ0n) is 33.9. The third-order valence-corrected chi connectivity index (χ3v) is 9.47. The monoisotopic (exact) mass is 839 g/mol. The molecule has 0 unspecified atom stereocenters. The number of methoxy groups -OCH3 is 2. The van der Waals surface area contributed by atoms with Crippen molar-refractivity contribution in [2.24, 2.45) is 0 Å². The van der Waals surface area contributed by atoms with Crippen LogP contribution in [0.15, 0.2) is 72.9 Å². The summed E-state index contributed by atoms with van der Waals surface area (Å²) in [5, 5.41) is 6.41. The van der Waals surface area contributed by atoms with E-state index in [4.69, 9.17) is 23.7 Å². The molecule has 0 saturated heterocycles. The summed E-state index contributed by atoms with van der Waals surface area (Å²) in [6.45, 7) is 9.52. The number of rotatable bonds is 18. The number of sulfonamides is 1. The number of hydrogen-bond acceptors (Lipinski definition) is 11. The summed E-state index contributed by atoms with van der Waals surface area (Å²) in [7, 11) is -0.703. The lowest BCUT2D eigenvalue weighted by molar-refractivity contribution is -0.137. The molecule has 4 aromatic carbocycles. The average molecular weight is 840 g/mol. The number of aromatic nitrogens is 2. The molecule has 0 aliphatic heterocycles. The Bertz CT molecular complexity index is 2390. The molecule has 0 aliphatic carbocycles. The Labute approximate surface area is 341 Å². The maximum Gasteiger partial charge on any atom is 0.416 e. The molecular weight excluding hydrogens is 792 g/mol. The molecule has 3 N–H and O–H groups in total. The molecule has 1 aromatic heterocycles. The number of carbonyl (C=O) groups is 1. The van der Waals surface area contributed by atoms with E-state index in [1.807, 2.05) is 45.9 Å². The maximum atomic E-state index is 13.8. The predicted molar refractivity (Wildman–Crippen MR) is 222 cm³/mol. The number of halogens is 3. The van der Waals surface area contributed by atoms with Crippen LogP contribution in [0.4, 0.5) is 36.2 Å². The average Bonchev–Trinajstić information content (AvgIpc) is 3.15. The topological polar surface area (TPSA) is 159 Å². The molecule has 59 heavy (non-hydrogen) atoms. The lowest BCUT2D eigenvalue weighted by atomic mass is 9.86. The molecule has 1 heterocycles. The standard InChI is InChI=1S/C42H48F3N5O8S/c1-26-8-9-28(39(51)48-36-22-30(41(2,3)4)23-37(38(36)55-6)50-59(7,52)53)19-34(26)27-10-11-35-29(18-27)25-46-40(49-35)47-32-20-31(42(43,44)45)21-33(24-32)58-17-16-57-15-14-56-13-12-54-5/h8-11,18-25,50H,12-17H2,1-7H3,(H,48,51)(H,46,47,49). The molecule has 0 atom stereocenters. The third-order valence-electron chi connectivity index (χ3n) is 8.88. The van der Waals surface area contributed by atoms with Crippen LogP contribution in [0.1, 0.15) is 47.8 Å².